The Balaban J connectivity index is 1.74. The molecule has 0 saturated heterocycles. The van der Waals surface area contributed by atoms with Crippen molar-refractivity contribution in [1.82, 2.24) is 20.5 Å². The first-order valence-electron chi connectivity index (χ1n) is 6.33. The van der Waals surface area contributed by atoms with E-state index in [4.69, 9.17) is 0 Å². The number of nitrogens with one attached hydrogen (secondary N) is 2. The summed E-state index contributed by atoms with van der Waals surface area (Å²) in [5, 5.41) is 9.67. The monoisotopic (exact) mass is 258 g/mol. The fourth-order valence-electron chi connectivity index (χ4n) is 1.77. The van der Waals surface area contributed by atoms with E-state index < -0.39 is 0 Å². The second kappa shape index (κ2) is 6.13. The van der Waals surface area contributed by atoms with Crippen LogP contribution in [0.1, 0.15) is 22.8 Å². The third kappa shape index (κ3) is 4.21. The molecule has 2 rings (SSSR count). The molecule has 0 bridgehead atoms. The summed E-state index contributed by atoms with van der Waals surface area (Å²) in [5.74, 6) is 1.55. The SMILES string of the molecule is Cc1ccc(CC(=O)NCCc2n[nH]c(C)n2)cc1. The molecule has 1 aromatic carbocycles. The first-order chi connectivity index (χ1) is 9.13. The maximum atomic E-state index is 11.7. The Morgan fingerprint density at radius 2 is 2.00 bits per heavy atom. The van der Waals surface area contributed by atoms with Gasteiger partial charge in [-0.3, -0.25) is 9.89 Å². The molecule has 0 unspecified atom stereocenters. The highest BCUT2D eigenvalue weighted by Gasteiger charge is 2.04. The molecule has 2 N–H and O–H groups in total. The van der Waals surface area contributed by atoms with Crippen molar-refractivity contribution >= 4 is 5.91 Å². The molecule has 1 heterocycles. The molecular formula is C14H18N4O. The Kier molecular flexibility index (Phi) is 4.28. The number of nitrogens with zero attached hydrogens (tertiary/aromatic N) is 2. The molecule has 0 spiro atoms. The van der Waals surface area contributed by atoms with Crippen molar-refractivity contribution in [2.24, 2.45) is 0 Å². The second-order valence-corrected chi connectivity index (χ2v) is 4.60. The Morgan fingerprint density at radius 3 is 2.63 bits per heavy atom. The highest BCUT2D eigenvalue weighted by molar-refractivity contribution is 5.78. The minimum absolute atomic E-state index is 0.0242. The molecule has 0 saturated carbocycles. The predicted octanol–water partition coefficient (Wildman–Crippen LogP) is 1.32. The van der Waals surface area contributed by atoms with Gasteiger partial charge in [-0.1, -0.05) is 29.8 Å². The zero-order chi connectivity index (χ0) is 13.7. The van der Waals surface area contributed by atoms with Gasteiger partial charge >= 0.3 is 0 Å². The van der Waals surface area contributed by atoms with Crippen molar-refractivity contribution in [2.75, 3.05) is 6.54 Å². The molecule has 0 aliphatic heterocycles. The number of aryl methyl sites for hydroxylation is 2. The van der Waals surface area contributed by atoms with Gasteiger partial charge in [0.25, 0.3) is 0 Å². The normalized spacial score (nSPS) is 10.4. The average Bonchev–Trinajstić information content (AvgIpc) is 2.78. The van der Waals surface area contributed by atoms with Gasteiger partial charge < -0.3 is 5.32 Å². The number of hydrogen-bond acceptors (Lipinski definition) is 3. The van der Waals surface area contributed by atoms with Crippen LogP contribution in [0.25, 0.3) is 0 Å². The average molecular weight is 258 g/mol. The largest absolute Gasteiger partial charge is 0.355 e. The van der Waals surface area contributed by atoms with Gasteiger partial charge in [-0.25, -0.2) is 4.98 Å². The van der Waals surface area contributed by atoms with E-state index in [2.05, 4.69) is 20.5 Å². The van der Waals surface area contributed by atoms with E-state index in [1.165, 1.54) is 5.56 Å². The van der Waals surface area contributed by atoms with Crippen LogP contribution in [0.3, 0.4) is 0 Å². The van der Waals surface area contributed by atoms with E-state index in [-0.39, 0.29) is 5.91 Å². The summed E-state index contributed by atoms with van der Waals surface area (Å²) in [5.41, 5.74) is 2.22. The molecule has 0 radical (unpaired) electrons. The molecule has 0 aliphatic carbocycles. The Bertz CT molecular complexity index is 545. The van der Waals surface area contributed by atoms with Crippen LogP contribution in [0.2, 0.25) is 0 Å². The molecule has 1 amide bonds. The quantitative estimate of drug-likeness (QED) is 0.849. The van der Waals surface area contributed by atoms with Crippen molar-refractivity contribution in [2.45, 2.75) is 26.7 Å². The highest BCUT2D eigenvalue weighted by atomic mass is 16.1. The summed E-state index contributed by atoms with van der Waals surface area (Å²) in [7, 11) is 0. The van der Waals surface area contributed by atoms with Crippen molar-refractivity contribution in [1.29, 1.82) is 0 Å². The molecule has 5 nitrogen and oxygen atoms in total. The molecule has 100 valence electrons. The molecule has 19 heavy (non-hydrogen) atoms. The fourth-order valence-corrected chi connectivity index (χ4v) is 1.77. The van der Waals surface area contributed by atoms with E-state index >= 15 is 0 Å². The van der Waals surface area contributed by atoms with Crippen LogP contribution in [0.15, 0.2) is 24.3 Å². The molecule has 0 fully saturated rings. The van der Waals surface area contributed by atoms with Crippen LogP contribution in [0.4, 0.5) is 0 Å². The summed E-state index contributed by atoms with van der Waals surface area (Å²) >= 11 is 0. The number of aromatic amines is 1. The predicted molar refractivity (Wildman–Crippen MR) is 72.7 cm³/mol. The summed E-state index contributed by atoms with van der Waals surface area (Å²) < 4.78 is 0. The van der Waals surface area contributed by atoms with Crippen molar-refractivity contribution in [3.05, 3.63) is 47.0 Å². The maximum Gasteiger partial charge on any atom is 0.224 e. The number of benzene rings is 1. The third-order valence-corrected chi connectivity index (χ3v) is 2.80. The lowest BCUT2D eigenvalue weighted by atomic mass is 10.1. The standard InChI is InChI=1S/C14H18N4O/c1-10-3-5-12(6-4-10)9-14(19)15-8-7-13-16-11(2)17-18-13/h3-6H,7-9H2,1-2H3,(H,15,19)(H,16,17,18). The van der Waals surface area contributed by atoms with Crippen LogP contribution in [-0.2, 0) is 17.6 Å². The van der Waals surface area contributed by atoms with Gasteiger partial charge in [0.1, 0.15) is 5.82 Å². The van der Waals surface area contributed by atoms with E-state index in [0.717, 1.165) is 17.2 Å². The first-order valence-corrected chi connectivity index (χ1v) is 6.33. The smallest absolute Gasteiger partial charge is 0.224 e. The molecule has 0 aliphatic rings. The van der Waals surface area contributed by atoms with Crippen LogP contribution in [0, 0.1) is 13.8 Å². The van der Waals surface area contributed by atoms with Gasteiger partial charge in [0.05, 0.1) is 6.42 Å². The number of aromatic nitrogens is 3. The lowest BCUT2D eigenvalue weighted by Crippen LogP contribution is -2.27. The minimum Gasteiger partial charge on any atom is -0.355 e. The molecule has 5 heteroatoms. The van der Waals surface area contributed by atoms with Crippen molar-refractivity contribution in [3.8, 4) is 0 Å². The Morgan fingerprint density at radius 1 is 1.26 bits per heavy atom. The minimum atomic E-state index is 0.0242. The van der Waals surface area contributed by atoms with E-state index in [0.29, 0.717) is 19.4 Å². The summed E-state index contributed by atoms with van der Waals surface area (Å²) in [4.78, 5) is 15.9. The van der Waals surface area contributed by atoms with Gasteiger partial charge in [-0.15, -0.1) is 0 Å². The van der Waals surface area contributed by atoms with Crippen LogP contribution < -0.4 is 5.32 Å². The molecule has 0 atom stereocenters. The number of amides is 1. The maximum absolute atomic E-state index is 11.7. The highest BCUT2D eigenvalue weighted by Crippen LogP contribution is 2.03. The van der Waals surface area contributed by atoms with Gasteiger partial charge in [0.2, 0.25) is 5.91 Å². The summed E-state index contributed by atoms with van der Waals surface area (Å²) in [6.07, 6.45) is 1.05. The number of carbonyl (C=O) groups excluding carboxylic acids is 1. The van der Waals surface area contributed by atoms with Gasteiger partial charge in [0.15, 0.2) is 5.82 Å². The Labute approximate surface area is 112 Å². The van der Waals surface area contributed by atoms with Crippen molar-refractivity contribution < 1.29 is 4.79 Å². The van der Waals surface area contributed by atoms with Crippen LogP contribution in [-0.4, -0.2) is 27.6 Å². The zero-order valence-electron chi connectivity index (χ0n) is 11.2. The lowest BCUT2D eigenvalue weighted by Gasteiger charge is -2.04. The third-order valence-electron chi connectivity index (χ3n) is 2.80. The second-order valence-electron chi connectivity index (χ2n) is 4.60. The number of rotatable bonds is 5. The van der Waals surface area contributed by atoms with Gasteiger partial charge in [-0.05, 0) is 19.4 Å². The lowest BCUT2D eigenvalue weighted by molar-refractivity contribution is -0.120. The molecule has 2 aromatic rings. The van der Waals surface area contributed by atoms with Gasteiger partial charge in [-0.2, -0.15) is 5.10 Å². The number of carbonyl (C=O) groups is 1. The molecule has 1 aromatic heterocycles. The van der Waals surface area contributed by atoms with Crippen molar-refractivity contribution in [3.63, 3.8) is 0 Å². The first kappa shape index (κ1) is 13.3. The molecular weight excluding hydrogens is 240 g/mol. The zero-order valence-corrected chi connectivity index (χ0v) is 11.2. The summed E-state index contributed by atoms with van der Waals surface area (Å²) in [6, 6.07) is 7.99. The van der Waals surface area contributed by atoms with E-state index in [1.54, 1.807) is 0 Å². The van der Waals surface area contributed by atoms with Crippen LogP contribution in [0.5, 0.6) is 0 Å². The Hall–Kier alpha value is -2.17. The van der Waals surface area contributed by atoms with Crippen LogP contribution >= 0.6 is 0 Å². The number of hydrogen-bond donors (Lipinski definition) is 2. The van der Waals surface area contributed by atoms with E-state index in [9.17, 15) is 4.79 Å². The topological polar surface area (TPSA) is 70.7 Å². The van der Waals surface area contributed by atoms with Gasteiger partial charge in [0, 0.05) is 13.0 Å². The number of H-pyrrole nitrogens is 1. The summed E-state index contributed by atoms with van der Waals surface area (Å²) in [6.45, 7) is 4.44. The van der Waals surface area contributed by atoms with E-state index in [1.807, 2.05) is 38.1 Å². The fraction of sp³-hybridized carbons (Fsp3) is 0.357.